The zero-order valence-corrected chi connectivity index (χ0v) is 10.1. The molecule has 0 aliphatic carbocycles. The summed E-state index contributed by atoms with van der Waals surface area (Å²) in [5.74, 6) is -0.702. The Bertz CT molecular complexity index is 520. The van der Waals surface area contributed by atoms with Gasteiger partial charge in [-0.25, -0.2) is 4.39 Å². The van der Waals surface area contributed by atoms with Gasteiger partial charge in [0.15, 0.2) is 11.6 Å². The van der Waals surface area contributed by atoms with Gasteiger partial charge in [0, 0.05) is 6.07 Å². The van der Waals surface area contributed by atoms with Gasteiger partial charge in [0.1, 0.15) is 12.1 Å². The molecule has 1 aromatic rings. The minimum atomic E-state index is -0.655. The SMILES string of the molecule is CCOc1c(F)cc(NN=C(C#N)C#N)cc1Cl. The first kappa shape index (κ1) is 13.8. The predicted molar refractivity (Wildman–Crippen MR) is 64.9 cm³/mol. The van der Waals surface area contributed by atoms with Crippen LogP contribution in [-0.2, 0) is 0 Å². The molecule has 7 heteroatoms. The monoisotopic (exact) mass is 266 g/mol. The molecule has 0 saturated carbocycles. The van der Waals surface area contributed by atoms with Crippen molar-refractivity contribution >= 4 is 23.0 Å². The van der Waals surface area contributed by atoms with Crippen molar-refractivity contribution in [2.24, 2.45) is 5.10 Å². The summed E-state index contributed by atoms with van der Waals surface area (Å²) in [6.07, 6.45) is 0. The van der Waals surface area contributed by atoms with Crippen molar-refractivity contribution in [3.8, 4) is 17.9 Å². The number of nitriles is 2. The number of nitrogens with one attached hydrogen (secondary N) is 1. The van der Waals surface area contributed by atoms with E-state index in [4.69, 9.17) is 26.9 Å². The van der Waals surface area contributed by atoms with Crippen molar-refractivity contribution in [3.63, 3.8) is 0 Å². The molecule has 0 heterocycles. The van der Waals surface area contributed by atoms with Crippen LogP contribution in [0.25, 0.3) is 0 Å². The first-order chi connectivity index (χ1) is 8.62. The number of hydrazone groups is 1. The van der Waals surface area contributed by atoms with Gasteiger partial charge < -0.3 is 4.74 Å². The summed E-state index contributed by atoms with van der Waals surface area (Å²) in [7, 11) is 0. The Hall–Kier alpha value is -2.31. The molecule has 18 heavy (non-hydrogen) atoms. The number of ether oxygens (including phenoxy) is 1. The third kappa shape index (κ3) is 3.34. The number of benzene rings is 1. The topological polar surface area (TPSA) is 81.2 Å². The number of hydrogen-bond donors (Lipinski definition) is 1. The highest BCUT2D eigenvalue weighted by Gasteiger charge is 2.10. The molecule has 0 aliphatic heterocycles. The zero-order chi connectivity index (χ0) is 13.5. The van der Waals surface area contributed by atoms with Crippen LogP contribution in [0.4, 0.5) is 10.1 Å². The number of rotatable bonds is 4. The van der Waals surface area contributed by atoms with Crippen LogP contribution in [0.2, 0.25) is 5.02 Å². The minimum Gasteiger partial charge on any atom is -0.489 e. The lowest BCUT2D eigenvalue weighted by atomic mass is 10.3. The molecule has 0 unspecified atom stereocenters. The molecule has 0 spiro atoms. The second-order valence-corrected chi connectivity index (χ2v) is 3.41. The van der Waals surface area contributed by atoms with Crippen molar-refractivity contribution in [3.05, 3.63) is 23.0 Å². The molecule has 0 radical (unpaired) electrons. The van der Waals surface area contributed by atoms with Gasteiger partial charge >= 0.3 is 0 Å². The summed E-state index contributed by atoms with van der Waals surface area (Å²) in [4.78, 5) is 0. The van der Waals surface area contributed by atoms with Crippen molar-refractivity contribution in [2.45, 2.75) is 6.92 Å². The molecule has 1 N–H and O–H groups in total. The first-order valence-electron chi connectivity index (χ1n) is 4.88. The molecular weight excluding hydrogens is 259 g/mol. The summed E-state index contributed by atoms with van der Waals surface area (Å²) in [5.41, 5.74) is 2.20. The maximum Gasteiger partial charge on any atom is 0.237 e. The van der Waals surface area contributed by atoms with Crippen LogP contribution in [0.15, 0.2) is 17.2 Å². The van der Waals surface area contributed by atoms with Gasteiger partial charge in [-0.2, -0.15) is 15.6 Å². The van der Waals surface area contributed by atoms with Crippen LogP contribution in [0, 0.1) is 28.5 Å². The zero-order valence-electron chi connectivity index (χ0n) is 9.37. The highest BCUT2D eigenvalue weighted by Crippen LogP contribution is 2.31. The quantitative estimate of drug-likeness (QED) is 0.671. The van der Waals surface area contributed by atoms with E-state index in [-0.39, 0.29) is 28.8 Å². The smallest absolute Gasteiger partial charge is 0.237 e. The van der Waals surface area contributed by atoms with E-state index in [1.165, 1.54) is 6.07 Å². The van der Waals surface area contributed by atoms with E-state index in [0.29, 0.717) is 0 Å². The van der Waals surface area contributed by atoms with Gasteiger partial charge in [0.2, 0.25) is 5.71 Å². The van der Waals surface area contributed by atoms with Crippen LogP contribution in [0.5, 0.6) is 5.75 Å². The standard InChI is InChI=1S/C11H8ClFN4O/c1-2-18-11-9(12)3-7(4-10(11)13)16-17-8(5-14)6-15/h3-4,16H,2H2,1H3. The van der Waals surface area contributed by atoms with Gasteiger partial charge in [-0.15, -0.1) is 0 Å². The van der Waals surface area contributed by atoms with Crippen LogP contribution >= 0.6 is 11.6 Å². The third-order valence-electron chi connectivity index (χ3n) is 1.80. The Morgan fingerprint density at radius 2 is 2.17 bits per heavy atom. The normalized spacial score (nSPS) is 8.94. The molecule has 1 aromatic carbocycles. The Morgan fingerprint density at radius 1 is 1.50 bits per heavy atom. The first-order valence-corrected chi connectivity index (χ1v) is 5.25. The van der Waals surface area contributed by atoms with Gasteiger partial charge in [-0.05, 0) is 13.0 Å². The van der Waals surface area contributed by atoms with Crippen LogP contribution < -0.4 is 10.2 Å². The van der Waals surface area contributed by atoms with Crippen molar-refractivity contribution in [2.75, 3.05) is 12.0 Å². The Morgan fingerprint density at radius 3 is 2.67 bits per heavy atom. The highest BCUT2D eigenvalue weighted by molar-refractivity contribution is 6.32. The lowest BCUT2D eigenvalue weighted by Gasteiger charge is -2.08. The fraction of sp³-hybridized carbons (Fsp3) is 0.182. The second kappa shape index (κ2) is 6.43. The van der Waals surface area contributed by atoms with Crippen LogP contribution in [0.1, 0.15) is 6.92 Å². The van der Waals surface area contributed by atoms with Gasteiger partial charge in [0.25, 0.3) is 0 Å². The molecule has 0 aliphatic rings. The van der Waals surface area contributed by atoms with Crippen LogP contribution in [-0.4, -0.2) is 12.3 Å². The van der Waals surface area contributed by atoms with Crippen LogP contribution in [0.3, 0.4) is 0 Å². The third-order valence-corrected chi connectivity index (χ3v) is 2.08. The Balaban J connectivity index is 2.98. The van der Waals surface area contributed by atoms with E-state index in [1.807, 2.05) is 0 Å². The summed E-state index contributed by atoms with van der Waals surface area (Å²) in [6.45, 7) is 1.99. The summed E-state index contributed by atoms with van der Waals surface area (Å²) in [5, 5.41) is 20.5. The molecule has 1 rings (SSSR count). The maximum absolute atomic E-state index is 13.6. The van der Waals surface area contributed by atoms with E-state index in [0.717, 1.165) is 6.07 Å². The number of nitrogens with zero attached hydrogens (tertiary/aromatic N) is 3. The number of anilines is 1. The molecular formula is C11H8ClFN4O. The number of halogens is 2. The van der Waals surface area contributed by atoms with E-state index >= 15 is 0 Å². The molecule has 0 amide bonds. The van der Waals surface area contributed by atoms with E-state index in [2.05, 4.69) is 10.5 Å². The summed E-state index contributed by atoms with van der Waals surface area (Å²) in [6, 6.07) is 5.60. The Kier molecular flexibility index (Phi) is 4.91. The molecule has 0 bridgehead atoms. The fourth-order valence-electron chi connectivity index (χ4n) is 1.10. The highest BCUT2D eigenvalue weighted by atomic mass is 35.5. The van der Waals surface area contributed by atoms with E-state index in [1.54, 1.807) is 19.1 Å². The Labute approximate surface area is 108 Å². The number of hydrogen-bond acceptors (Lipinski definition) is 5. The largest absolute Gasteiger partial charge is 0.489 e. The van der Waals surface area contributed by atoms with Gasteiger partial charge in [-0.1, -0.05) is 11.6 Å². The molecule has 0 fully saturated rings. The minimum absolute atomic E-state index is 0.0468. The van der Waals surface area contributed by atoms with Gasteiger partial charge in [-0.3, -0.25) is 5.43 Å². The van der Waals surface area contributed by atoms with Crippen molar-refractivity contribution < 1.29 is 9.13 Å². The predicted octanol–water partition coefficient (Wildman–Crippen LogP) is 2.69. The maximum atomic E-state index is 13.6. The average molecular weight is 267 g/mol. The lowest BCUT2D eigenvalue weighted by Crippen LogP contribution is -1.99. The van der Waals surface area contributed by atoms with Crippen molar-refractivity contribution in [1.29, 1.82) is 10.5 Å². The van der Waals surface area contributed by atoms with E-state index < -0.39 is 5.82 Å². The average Bonchev–Trinajstić information content (AvgIpc) is 2.35. The molecule has 0 aromatic heterocycles. The summed E-state index contributed by atoms with van der Waals surface area (Å²) >= 11 is 5.81. The van der Waals surface area contributed by atoms with Crippen molar-refractivity contribution in [1.82, 2.24) is 0 Å². The molecule has 5 nitrogen and oxygen atoms in total. The fourth-order valence-corrected chi connectivity index (χ4v) is 1.36. The molecule has 92 valence electrons. The summed E-state index contributed by atoms with van der Waals surface area (Å²) < 4.78 is 18.6. The lowest BCUT2D eigenvalue weighted by molar-refractivity contribution is 0.322. The second-order valence-electron chi connectivity index (χ2n) is 3.00. The van der Waals surface area contributed by atoms with E-state index in [9.17, 15) is 4.39 Å². The van der Waals surface area contributed by atoms with Gasteiger partial charge in [0.05, 0.1) is 17.3 Å². The molecule has 0 saturated heterocycles. The molecule has 0 atom stereocenters.